The predicted molar refractivity (Wildman–Crippen MR) is 122 cm³/mol. The molecule has 1 aliphatic rings. The normalized spacial score (nSPS) is 17.0. The second-order valence-electron chi connectivity index (χ2n) is 8.70. The summed E-state index contributed by atoms with van der Waals surface area (Å²) in [5.74, 6) is 1.03. The van der Waals surface area contributed by atoms with Crippen molar-refractivity contribution in [2.24, 2.45) is 0 Å². The van der Waals surface area contributed by atoms with Gasteiger partial charge in [0.15, 0.2) is 5.82 Å². The number of halogens is 4. The van der Waals surface area contributed by atoms with E-state index in [-0.39, 0.29) is 17.9 Å². The van der Waals surface area contributed by atoms with Crippen LogP contribution in [0.25, 0.3) is 0 Å². The Morgan fingerprint density at radius 1 is 1.11 bits per heavy atom. The number of amides is 2. The summed E-state index contributed by atoms with van der Waals surface area (Å²) >= 11 is 0. The van der Waals surface area contributed by atoms with Gasteiger partial charge in [0.2, 0.25) is 0 Å². The fourth-order valence-electron chi connectivity index (χ4n) is 4.45. The molecule has 0 aliphatic carbocycles. The fourth-order valence-corrected chi connectivity index (χ4v) is 4.45. The standard InChI is InChI=1S/C25H27F4N5O/c1-3-21(18-8-10-19(11-9-18)25(27,28)29)30-24(35)33-14-4-5-22(33)23-32-31-16(2)34(23)15-17-6-12-20(26)13-7-17/h6-13,21-22H,3-5,14-15H2,1-2H3,(H,30,35)/t21-,22+/m0/s1. The van der Waals surface area contributed by atoms with Crippen LogP contribution in [0.2, 0.25) is 0 Å². The molecule has 2 amide bonds. The summed E-state index contributed by atoms with van der Waals surface area (Å²) in [5.41, 5.74) is 0.774. The van der Waals surface area contributed by atoms with Crippen LogP contribution in [-0.2, 0) is 12.7 Å². The van der Waals surface area contributed by atoms with Crippen molar-refractivity contribution in [1.82, 2.24) is 25.0 Å². The number of likely N-dealkylation sites (tertiary alicyclic amines) is 1. The number of nitrogens with zero attached hydrogens (tertiary/aromatic N) is 4. The van der Waals surface area contributed by atoms with Gasteiger partial charge in [-0.1, -0.05) is 31.2 Å². The second-order valence-corrected chi connectivity index (χ2v) is 8.70. The third-order valence-electron chi connectivity index (χ3n) is 6.38. The number of carbonyl (C=O) groups is 1. The van der Waals surface area contributed by atoms with E-state index in [4.69, 9.17) is 0 Å². The van der Waals surface area contributed by atoms with Gasteiger partial charge >= 0.3 is 12.2 Å². The molecule has 186 valence electrons. The molecule has 6 nitrogen and oxygen atoms in total. The van der Waals surface area contributed by atoms with E-state index in [0.29, 0.717) is 43.1 Å². The van der Waals surface area contributed by atoms with E-state index in [1.165, 1.54) is 24.3 Å². The lowest BCUT2D eigenvalue weighted by Crippen LogP contribution is -2.41. The summed E-state index contributed by atoms with van der Waals surface area (Å²) in [6.45, 7) is 4.68. The Balaban J connectivity index is 1.51. The number of urea groups is 1. The van der Waals surface area contributed by atoms with Gasteiger partial charge in [-0.3, -0.25) is 0 Å². The van der Waals surface area contributed by atoms with Crippen LogP contribution in [0.1, 0.15) is 66.6 Å². The van der Waals surface area contributed by atoms with Crippen molar-refractivity contribution < 1.29 is 22.4 Å². The van der Waals surface area contributed by atoms with Crippen molar-refractivity contribution in [3.8, 4) is 0 Å². The van der Waals surface area contributed by atoms with Gasteiger partial charge in [0.25, 0.3) is 0 Å². The lowest BCUT2D eigenvalue weighted by molar-refractivity contribution is -0.137. The molecule has 0 saturated carbocycles. The van der Waals surface area contributed by atoms with E-state index in [1.54, 1.807) is 17.0 Å². The summed E-state index contributed by atoms with van der Waals surface area (Å²) < 4.78 is 53.9. The number of aromatic nitrogens is 3. The van der Waals surface area contributed by atoms with Crippen LogP contribution in [0.15, 0.2) is 48.5 Å². The molecule has 1 saturated heterocycles. The van der Waals surface area contributed by atoms with E-state index in [1.807, 2.05) is 18.4 Å². The Kier molecular flexibility index (Phi) is 7.09. The molecule has 3 aromatic rings. The second kappa shape index (κ2) is 10.1. The maximum atomic E-state index is 13.3. The van der Waals surface area contributed by atoms with Gasteiger partial charge in [0.1, 0.15) is 11.6 Å². The summed E-state index contributed by atoms with van der Waals surface area (Å²) in [6, 6.07) is 10.1. The number of benzene rings is 2. The number of hydrogen-bond acceptors (Lipinski definition) is 3. The molecule has 0 unspecified atom stereocenters. The van der Waals surface area contributed by atoms with Crippen molar-refractivity contribution in [2.75, 3.05) is 6.54 Å². The minimum Gasteiger partial charge on any atom is -0.331 e. The van der Waals surface area contributed by atoms with E-state index < -0.39 is 17.8 Å². The molecule has 0 spiro atoms. The Hall–Kier alpha value is -3.43. The highest BCUT2D eigenvalue weighted by Crippen LogP contribution is 2.33. The molecule has 2 heterocycles. The molecule has 2 atom stereocenters. The Morgan fingerprint density at radius 3 is 2.43 bits per heavy atom. The summed E-state index contributed by atoms with van der Waals surface area (Å²) in [4.78, 5) is 15.0. The number of carbonyl (C=O) groups excluding carboxylic acids is 1. The van der Waals surface area contributed by atoms with E-state index in [2.05, 4.69) is 15.5 Å². The van der Waals surface area contributed by atoms with E-state index in [9.17, 15) is 22.4 Å². The minimum absolute atomic E-state index is 0.290. The predicted octanol–water partition coefficient (Wildman–Crippen LogP) is 5.79. The first-order valence-corrected chi connectivity index (χ1v) is 11.6. The van der Waals surface area contributed by atoms with Gasteiger partial charge in [-0.15, -0.1) is 10.2 Å². The van der Waals surface area contributed by atoms with Gasteiger partial charge in [-0.05, 0) is 61.6 Å². The highest BCUT2D eigenvalue weighted by molar-refractivity contribution is 5.75. The van der Waals surface area contributed by atoms with Crippen molar-refractivity contribution >= 4 is 6.03 Å². The van der Waals surface area contributed by atoms with Gasteiger partial charge in [-0.25, -0.2) is 9.18 Å². The summed E-state index contributed by atoms with van der Waals surface area (Å²) in [7, 11) is 0. The van der Waals surface area contributed by atoms with Gasteiger partial charge in [-0.2, -0.15) is 13.2 Å². The van der Waals surface area contributed by atoms with Crippen LogP contribution >= 0.6 is 0 Å². The molecule has 10 heteroatoms. The quantitative estimate of drug-likeness (QED) is 0.446. The molecule has 1 N–H and O–H groups in total. The maximum Gasteiger partial charge on any atom is 0.416 e. The van der Waals surface area contributed by atoms with Crippen LogP contribution in [0.4, 0.5) is 22.4 Å². The zero-order valence-corrected chi connectivity index (χ0v) is 19.5. The molecule has 4 rings (SSSR count). The highest BCUT2D eigenvalue weighted by Gasteiger charge is 2.35. The number of rotatable bonds is 6. The average Bonchev–Trinajstić information content (AvgIpc) is 3.45. The Morgan fingerprint density at radius 2 is 1.80 bits per heavy atom. The molecule has 0 bridgehead atoms. The molecule has 35 heavy (non-hydrogen) atoms. The summed E-state index contributed by atoms with van der Waals surface area (Å²) in [6.07, 6.45) is -2.38. The zero-order chi connectivity index (χ0) is 25.2. The first-order valence-electron chi connectivity index (χ1n) is 11.6. The van der Waals surface area contributed by atoms with Gasteiger partial charge in [0.05, 0.1) is 24.2 Å². The smallest absolute Gasteiger partial charge is 0.331 e. The number of hydrogen-bond donors (Lipinski definition) is 1. The van der Waals surface area contributed by atoms with Crippen molar-refractivity contribution in [1.29, 1.82) is 0 Å². The SMILES string of the molecule is CC[C@H](NC(=O)N1CCC[C@@H]1c1nnc(C)n1Cc1ccc(F)cc1)c1ccc(C(F)(F)F)cc1. The van der Waals surface area contributed by atoms with E-state index >= 15 is 0 Å². The van der Waals surface area contributed by atoms with Gasteiger partial charge in [0, 0.05) is 6.54 Å². The van der Waals surface area contributed by atoms with Crippen LogP contribution in [0.3, 0.4) is 0 Å². The molecule has 1 fully saturated rings. The molecule has 2 aromatic carbocycles. The largest absolute Gasteiger partial charge is 0.416 e. The Labute approximate surface area is 201 Å². The van der Waals surface area contributed by atoms with Crippen molar-refractivity contribution in [3.05, 3.63) is 82.7 Å². The lowest BCUT2D eigenvalue weighted by Gasteiger charge is -2.28. The number of alkyl halides is 3. The summed E-state index contributed by atoms with van der Waals surface area (Å²) in [5, 5.41) is 11.5. The first-order chi connectivity index (χ1) is 16.7. The zero-order valence-electron chi connectivity index (χ0n) is 19.5. The first kappa shape index (κ1) is 24.7. The van der Waals surface area contributed by atoms with Crippen LogP contribution in [0.5, 0.6) is 0 Å². The monoisotopic (exact) mass is 489 g/mol. The molecular weight excluding hydrogens is 462 g/mol. The molecule has 0 radical (unpaired) electrons. The highest BCUT2D eigenvalue weighted by atomic mass is 19.4. The van der Waals surface area contributed by atoms with Crippen molar-refractivity contribution in [2.45, 2.75) is 57.9 Å². The molecular formula is C25H27F4N5O. The lowest BCUT2D eigenvalue weighted by atomic mass is 10.0. The number of aryl methyl sites for hydroxylation is 1. The third kappa shape index (κ3) is 5.47. The van der Waals surface area contributed by atoms with Crippen LogP contribution < -0.4 is 5.32 Å². The average molecular weight is 490 g/mol. The van der Waals surface area contributed by atoms with Crippen LogP contribution in [-0.4, -0.2) is 32.2 Å². The topological polar surface area (TPSA) is 63.1 Å². The Bertz CT molecular complexity index is 1160. The van der Waals surface area contributed by atoms with Crippen molar-refractivity contribution in [3.63, 3.8) is 0 Å². The maximum absolute atomic E-state index is 13.3. The third-order valence-corrected chi connectivity index (χ3v) is 6.38. The fraction of sp³-hybridized carbons (Fsp3) is 0.400. The minimum atomic E-state index is -4.41. The molecule has 1 aliphatic heterocycles. The van der Waals surface area contributed by atoms with Gasteiger partial charge < -0.3 is 14.8 Å². The van der Waals surface area contributed by atoms with E-state index in [0.717, 1.165) is 24.1 Å². The molecule has 1 aromatic heterocycles. The van der Waals surface area contributed by atoms with Crippen LogP contribution in [0, 0.1) is 12.7 Å². The number of nitrogens with one attached hydrogen (secondary N) is 1.